The highest BCUT2D eigenvalue weighted by atomic mass is 19.3. The van der Waals surface area contributed by atoms with E-state index in [-0.39, 0.29) is 23.6 Å². The molecule has 1 N–H and O–H groups in total. The zero-order valence-corrected chi connectivity index (χ0v) is 17.5. The summed E-state index contributed by atoms with van der Waals surface area (Å²) in [7, 11) is 3.02. The Morgan fingerprint density at radius 2 is 1.93 bits per heavy atom. The number of unbranched alkanes of at least 4 members (excludes halogenated alkanes) is 3. The van der Waals surface area contributed by atoms with Gasteiger partial charge in [-0.05, 0) is 12.8 Å². The summed E-state index contributed by atoms with van der Waals surface area (Å²) in [5.74, 6) is -3.65. The number of halogens is 2. The monoisotopic (exact) mass is 424 g/mol. The Bertz CT molecular complexity index is 727. The fraction of sp³-hybridized carbons (Fsp3) is 0.545. The quantitative estimate of drug-likeness (QED) is 0.335. The maximum absolute atomic E-state index is 14.5. The van der Waals surface area contributed by atoms with E-state index in [1.54, 1.807) is 18.0 Å². The molecule has 0 radical (unpaired) electrons. The summed E-state index contributed by atoms with van der Waals surface area (Å²) >= 11 is 0. The van der Waals surface area contributed by atoms with Crippen LogP contribution in [0, 0.1) is 0 Å². The topological polar surface area (TPSA) is 70.1 Å². The number of methoxy groups -OCH3 is 1. The third-order valence-electron chi connectivity index (χ3n) is 5.24. The van der Waals surface area contributed by atoms with Gasteiger partial charge in [-0.15, -0.1) is 0 Å². The highest BCUT2D eigenvalue weighted by molar-refractivity contribution is 5.77. The first-order valence-electron chi connectivity index (χ1n) is 10.2. The highest BCUT2D eigenvalue weighted by Gasteiger charge is 2.39. The summed E-state index contributed by atoms with van der Waals surface area (Å²) in [6.07, 6.45) is 4.11. The van der Waals surface area contributed by atoms with Crippen molar-refractivity contribution in [2.45, 2.75) is 50.2 Å². The zero-order chi connectivity index (χ0) is 22.1. The lowest BCUT2D eigenvalue weighted by Gasteiger charge is -2.23. The molecule has 0 spiro atoms. The number of ether oxygens (including phenoxy) is 1. The lowest BCUT2D eigenvalue weighted by atomic mass is 10.0. The summed E-state index contributed by atoms with van der Waals surface area (Å²) in [6.45, 7) is 0.864. The van der Waals surface area contributed by atoms with Gasteiger partial charge < -0.3 is 19.6 Å². The number of nitrogens with zero attached hydrogens (tertiary/aromatic N) is 2. The first-order valence-corrected chi connectivity index (χ1v) is 10.2. The first-order chi connectivity index (χ1) is 14.3. The number of aliphatic hydroxyl groups is 1. The van der Waals surface area contributed by atoms with Crippen LogP contribution in [0.3, 0.4) is 0 Å². The number of urea groups is 1. The van der Waals surface area contributed by atoms with E-state index in [2.05, 4.69) is 4.74 Å². The molecule has 1 fully saturated rings. The highest BCUT2D eigenvalue weighted by Crippen LogP contribution is 2.32. The Labute approximate surface area is 176 Å². The number of esters is 1. The molecule has 2 rings (SSSR count). The van der Waals surface area contributed by atoms with Gasteiger partial charge in [0.2, 0.25) is 0 Å². The van der Waals surface area contributed by atoms with Crippen molar-refractivity contribution in [3.8, 4) is 0 Å². The molecule has 1 aliphatic heterocycles. The summed E-state index contributed by atoms with van der Waals surface area (Å²) in [6, 6.07) is 6.64. The van der Waals surface area contributed by atoms with E-state index in [0.717, 1.165) is 31.8 Å². The number of amides is 2. The predicted molar refractivity (Wildman–Crippen MR) is 109 cm³/mol. The molecule has 166 valence electrons. The van der Waals surface area contributed by atoms with Gasteiger partial charge in [0.05, 0.1) is 13.2 Å². The maximum atomic E-state index is 14.5. The molecule has 2 amide bonds. The van der Waals surface area contributed by atoms with Crippen molar-refractivity contribution in [3.63, 3.8) is 0 Å². The second-order valence-electron chi connectivity index (χ2n) is 7.48. The molecule has 1 heterocycles. The van der Waals surface area contributed by atoms with Gasteiger partial charge in [0.25, 0.3) is 0 Å². The van der Waals surface area contributed by atoms with E-state index in [4.69, 9.17) is 0 Å². The van der Waals surface area contributed by atoms with Gasteiger partial charge >= 0.3 is 17.9 Å². The van der Waals surface area contributed by atoms with Gasteiger partial charge in [-0.3, -0.25) is 4.79 Å². The fourth-order valence-electron chi connectivity index (χ4n) is 3.44. The van der Waals surface area contributed by atoms with Crippen LogP contribution >= 0.6 is 0 Å². The SMILES string of the molecule is COC(=O)CCCCCCN1C(=O)N(C)C[C@@H]1C=CC(O)C(F)(F)c1ccccc1. The molecule has 6 nitrogen and oxygen atoms in total. The largest absolute Gasteiger partial charge is 0.469 e. The van der Waals surface area contributed by atoms with Crippen LogP contribution < -0.4 is 0 Å². The predicted octanol–water partition coefficient (Wildman–Crippen LogP) is 3.56. The number of alkyl halides is 2. The van der Waals surface area contributed by atoms with E-state index in [1.807, 2.05) is 0 Å². The molecule has 0 aromatic heterocycles. The first kappa shape index (κ1) is 23.8. The molecular formula is C22H30F2N2O4. The Morgan fingerprint density at radius 1 is 1.27 bits per heavy atom. The second kappa shape index (κ2) is 11.1. The summed E-state index contributed by atoms with van der Waals surface area (Å²) in [5.41, 5.74) is -0.259. The summed E-state index contributed by atoms with van der Waals surface area (Å²) in [5, 5.41) is 10.1. The van der Waals surface area contributed by atoms with Crippen molar-refractivity contribution in [1.29, 1.82) is 0 Å². The second-order valence-corrected chi connectivity index (χ2v) is 7.48. The molecule has 30 heavy (non-hydrogen) atoms. The van der Waals surface area contributed by atoms with Crippen LogP contribution in [0.4, 0.5) is 13.6 Å². The van der Waals surface area contributed by atoms with Crippen LogP contribution in [-0.4, -0.2) is 66.3 Å². The van der Waals surface area contributed by atoms with E-state index in [0.29, 0.717) is 19.5 Å². The number of carbonyl (C=O) groups excluding carboxylic acids is 2. The van der Waals surface area contributed by atoms with E-state index < -0.39 is 12.0 Å². The number of hydrogen-bond acceptors (Lipinski definition) is 4. The van der Waals surface area contributed by atoms with Crippen molar-refractivity contribution in [2.24, 2.45) is 0 Å². The third-order valence-corrected chi connectivity index (χ3v) is 5.24. The average Bonchev–Trinajstić information content (AvgIpc) is 3.02. The maximum Gasteiger partial charge on any atom is 0.320 e. The Balaban J connectivity index is 1.89. The van der Waals surface area contributed by atoms with Crippen molar-refractivity contribution < 1.29 is 28.2 Å². The molecule has 1 aromatic rings. The standard InChI is InChI=1S/C22H30F2N2O4/c1-25-16-18(13-14-19(27)22(23,24)17-10-6-5-7-11-17)26(21(25)29)15-9-4-3-8-12-20(28)30-2/h5-7,10-11,13-14,18-19,27H,3-4,8-9,12,15-16H2,1-2H3/t18-,19?/m0/s1. The van der Waals surface area contributed by atoms with Gasteiger partial charge in [-0.2, -0.15) is 8.78 Å². The molecule has 8 heteroatoms. The van der Waals surface area contributed by atoms with Crippen LogP contribution in [0.2, 0.25) is 0 Å². The minimum absolute atomic E-state index is 0.163. The van der Waals surface area contributed by atoms with Crippen LogP contribution in [0.25, 0.3) is 0 Å². The van der Waals surface area contributed by atoms with E-state index >= 15 is 0 Å². The molecule has 1 unspecified atom stereocenters. The number of hydrogen-bond donors (Lipinski definition) is 1. The molecule has 1 aliphatic rings. The lowest BCUT2D eigenvalue weighted by molar-refractivity contribution is -0.140. The van der Waals surface area contributed by atoms with Gasteiger partial charge in [-0.1, -0.05) is 55.3 Å². The number of rotatable bonds is 11. The van der Waals surface area contributed by atoms with Crippen molar-refractivity contribution >= 4 is 12.0 Å². The van der Waals surface area contributed by atoms with Gasteiger partial charge in [0, 0.05) is 32.1 Å². The molecule has 0 bridgehead atoms. The van der Waals surface area contributed by atoms with Gasteiger partial charge in [-0.25, -0.2) is 4.79 Å². The zero-order valence-electron chi connectivity index (χ0n) is 17.5. The number of likely N-dealkylation sites (N-methyl/N-ethyl adjacent to an activating group) is 1. The van der Waals surface area contributed by atoms with Crippen LogP contribution in [-0.2, 0) is 15.5 Å². The molecule has 0 aliphatic carbocycles. The lowest BCUT2D eigenvalue weighted by Crippen LogP contribution is -2.35. The van der Waals surface area contributed by atoms with Crippen molar-refractivity contribution in [2.75, 3.05) is 27.2 Å². The van der Waals surface area contributed by atoms with Crippen molar-refractivity contribution in [3.05, 3.63) is 48.0 Å². The number of benzene rings is 1. The fourth-order valence-corrected chi connectivity index (χ4v) is 3.44. The van der Waals surface area contributed by atoms with Gasteiger partial charge in [0.15, 0.2) is 0 Å². The van der Waals surface area contributed by atoms with E-state index in [1.165, 1.54) is 42.4 Å². The minimum Gasteiger partial charge on any atom is -0.469 e. The van der Waals surface area contributed by atoms with Crippen LogP contribution in [0.5, 0.6) is 0 Å². The molecule has 2 atom stereocenters. The van der Waals surface area contributed by atoms with Crippen molar-refractivity contribution in [1.82, 2.24) is 9.80 Å². The number of aliphatic hydroxyl groups excluding tert-OH is 1. The Kier molecular flexibility index (Phi) is 8.77. The third kappa shape index (κ3) is 6.26. The summed E-state index contributed by atoms with van der Waals surface area (Å²) < 4.78 is 33.5. The average molecular weight is 424 g/mol. The van der Waals surface area contributed by atoms with Crippen LogP contribution in [0.1, 0.15) is 37.7 Å². The van der Waals surface area contributed by atoms with Crippen LogP contribution in [0.15, 0.2) is 42.5 Å². The minimum atomic E-state index is -3.42. The Morgan fingerprint density at radius 3 is 2.60 bits per heavy atom. The summed E-state index contributed by atoms with van der Waals surface area (Å²) in [4.78, 5) is 26.6. The smallest absolute Gasteiger partial charge is 0.320 e. The van der Waals surface area contributed by atoms with E-state index in [9.17, 15) is 23.5 Å². The molecule has 0 saturated carbocycles. The van der Waals surface area contributed by atoms with Gasteiger partial charge in [0.1, 0.15) is 6.10 Å². The molecule has 1 aromatic carbocycles. The Hall–Kier alpha value is -2.48. The molecule has 1 saturated heterocycles. The normalized spacial score (nSPS) is 18.3. The number of carbonyl (C=O) groups is 2. The molecular weight excluding hydrogens is 394 g/mol.